The van der Waals surface area contributed by atoms with Crippen LogP contribution < -0.4 is 15.0 Å². The van der Waals surface area contributed by atoms with E-state index in [4.69, 9.17) is 9.47 Å². The van der Waals surface area contributed by atoms with E-state index < -0.39 is 35.7 Å². The van der Waals surface area contributed by atoms with E-state index in [-0.39, 0.29) is 36.8 Å². The molecule has 2 aromatic rings. The Morgan fingerprint density at radius 1 is 1.29 bits per heavy atom. The smallest absolute Gasteiger partial charge is 0.321 e. The van der Waals surface area contributed by atoms with E-state index >= 15 is 0 Å². The zero-order valence-electron chi connectivity index (χ0n) is 16.9. The van der Waals surface area contributed by atoms with Gasteiger partial charge < -0.3 is 19.7 Å². The maximum atomic E-state index is 14.9. The molecule has 1 aliphatic rings. The van der Waals surface area contributed by atoms with E-state index in [9.17, 15) is 22.4 Å². The van der Waals surface area contributed by atoms with E-state index in [2.05, 4.69) is 15.3 Å². The summed E-state index contributed by atoms with van der Waals surface area (Å²) in [7, 11) is 1.36. The zero-order chi connectivity index (χ0) is 22.5. The highest BCUT2D eigenvalue weighted by molar-refractivity contribution is 5.96. The SMILES string of the molecule is CCOc1cc(C(=O)N2CCOCC2)c(F)cc1N(c1ncc(F)c(NC)n1)C(F)F. The Labute approximate surface area is 175 Å². The van der Waals surface area contributed by atoms with E-state index in [0.29, 0.717) is 18.1 Å². The third-order valence-electron chi connectivity index (χ3n) is 4.52. The number of amides is 1. The summed E-state index contributed by atoms with van der Waals surface area (Å²) in [6.07, 6.45) is 0.719. The fourth-order valence-electron chi connectivity index (χ4n) is 3.05. The fraction of sp³-hybridized carbons (Fsp3) is 0.421. The molecule has 0 spiro atoms. The van der Waals surface area contributed by atoms with E-state index in [1.807, 2.05) is 0 Å². The minimum atomic E-state index is -3.21. The van der Waals surface area contributed by atoms with Crippen LogP contribution in [-0.4, -0.2) is 67.3 Å². The number of anilines is 3. The number of alkyl halides is 2. The third-order valence-corrected chi connectivity index (χ3v) is 4.52. The number of benzene rings is 1. The Hall–Kier alpha value is -3.15. The largest absolute Gasteiger partial charge is 0.492 e. The molecule has 8 nitrogen and oxygen atoms in total. The van der Waals surface area contributed by atoms with Crippen molar-refractivity contribution in [2.45, 2.75) is 13.5 Å². The predicted molar refractivity (Wildman–Crippen MR) is 104 cm³/mol. The molecule has 31 heavy (non-hydrogen) atoms. The van der Waals surface area contributed by atoms with Gasteiger partial charge in [0.05, 0.1) is 37.3 Å². The van der Waals surface area contributed by atoms with E-state index in [1.165, 1.54) is 11.9 Å². The first kappa shape index (κ1) is 22.5. The number of carbonyl (C=O) groups is 1. The summed E-state index contributed by atoms with van der Waals surface area (Å²) in [5, 5.41) is 2.43. The van der Waals surface area contributed by atoms with Gasteiger partial charge in [0.25, 0.3) is 5.91 Å². The average Bonchev–Trinajstić information content (AvgIpc) is 2.76. The van der Waals surface area contributed by atoms with Crippen LogP contribution in [0.4, 0.5) is 35.0 Å². The van der Waals surface area contributed by atoms with Crippen LogP contribution in [0.25, 0.3) is 0 Å². The summed E-state index contributed by atoms with van der Waals surface area (Å²) >= 11 is 0. The van der Waals surface area contributed by atoms with Crippen LogP contribution >= 0.6 is 0 Å². The van der Waals surface area contributed by atoms with Crippen molar-refractivity contribution >= 4 is 23.4 Å². The molecule has 168 valence electrons. The topological polar surface area (TPSA) is 79.8 Å². The molecule has 1 N–H and O–H groups in total. The molecule has 0 radical (unpaired) electrons. The molecule has 0 unspecified atom stereocenters. The molecule has 1 aromatic heterocycles. The molecule has 1 aromatic carbocycles. The van der Waals surface area contributed by atoms with Crippen LogP contribution in [-0.2, 0) is 4.74 Å². The molecule has 2 heterocycles. The molecule has 3 rings (SSSR count). The molecular formula is C19H21F4N5O3. The highest BCUT2D eigenvalue weighted by atomic mass is 19.3. The van der Waals surface area contributed by atoms with Crippen LogP contribution in [0.5, 0.6) is 5.75 Å². The Kier molecular flexibility index (Phi) is 7.10. The molecule has 1 fully saturated rings. The van der Waals surface area contributed by atoms with E-state index in [0.717, 1.165) is 18.3 Å². The summed E-state index contributed by atoms with van der Waals surface area (Å²) in [6.45, 7) is -0.345. The van der Waals surface area contributed by atoms with Gasteiger partial charge in [0.2, 0.25) is 5.95 Å². The first-order valence-electron chi connectivity index (χ1n) is 9.48. The minimum Gasteiger partial charge on any atom is -0.492 e. The van der Waals surface area contributed by atoms with Crippen LogP contribution in [0, 0.1) is 11.6 Å². The van der Waals surface area contributed by atoms with Gasteiger partial charge in [-0.15, -0.1) is 0 Å². The molecule has 0 saturated carbocycles. The fourth-order valence-corrected chi connectivity index (χ4v) is 3.05. The Morgan fingerprint density at radius 2 is 2.00 bits per heavy atom. The Balaban J connectivity index is 2.07. The zero-order valence-corrected chi connectivity index (χ0v) is 16.9. The quantitative estimate of drug-likeness (QED) is 0.521. The second-order valence-corrected chi connectivity index (χ2v) is 6.40. The van der Waals surface area contributed by atoms with Gasteiger partial charge in [-0.1, -0.05) is 0 Å². The summed E-state index contributed by atoms with van der Waals surface area (Å²) < 4.78 is 67.1. The Morgan fingerprint density at radius 3 is 2.61 bits per heavy atom. The van der Waals surface area contributed by atoms with Crippen molar-refractivity contribution in [3.8, 4) is 5.75 Å². The predicted octanol–water partition coefficient (Wildman–Crippen LogP) is 3.03. The number of halogens is 4. The molecule has 0 aliphatic carbocycles. The maximum absolute atomic E-state index is 14.9. The highest BCUT2D eigenvalue weighted by Crippen LogP contribution is 2.37. The number of nitrogens with zero attached hydrogens (tertiary/aromatic N) is 4. The number of hydrogen-bond acceptors (Lipinski definition) is 7. The van der Waals surface area contributed by atoms with Crippen molar-refractivity contribution in [1.29, 1.82) is 0 Å². The minimum absolute atomic E-state index is 0.0624. The maximum Gasteiger partial charge on any atom is 0.321 e. The number of nitrogens with one attached hydrogen (secondary N) is 1. The number of hydrogen-bond donors (Lipinski definition) is 1. The van der Waals surface area contributed by atoms with Gasteiger partial charge in [0, 0.05) is 26.2 Å². The molecule has 0 atom stereocenters. The summed E-state index contributed by atoms with van der Waals surface area (Å²) in [4.78, 5) is 21.8. The third kappa shape index (κ3) is 4.79. The van der Waals surface area contributed by atoms with Gasteiger partial charge in [0.15, 0.2) is 11.6 Å². The molecule has 1 saturated heterocycles. The van der Waals surface area contributed by atoms with E-state index in [1.54, 1.807) is 6.92 Å². The number of rotatable bonds is 7. The van der Waals surface area contributed by atoms with Crippen molar-refractivity contribution < 1.29 is 31.8 Å². The lowest BCUT2D eigenvalue weighted by atomic mass is 10.1. The molecule has 1 amide bonds. The summed E-state index contributed by atoms with van der Waals surface area (Å²) in [5.41, 5.74) is -0.721. The van der Waals surface area contributed by atoms with Gasteiger partial charge in [-0.25, -0.2) is 18.7 Å². The molecule has 1 aliphatic heterocycles. The summed E-state index contributed by atoms with van der Waals surface area (Å²) in [5.74, 6) is -3.52. The van der Waals surface area contributed by atoms with Crippen LogP contribution in [0.2, 0.25) is 0 Å². The van der Waals surface area contributed by atoms with Crippen LogP contribution in [0.15, 0.2) is 18.3 Å². The molecule has 0 bridgehead atoms. The summed E-state index contributed by atoms with van der Waals surface area (Å²) in [6, 6.07) is 1.83. The lowest BCUT2D eigenvalue weighted by Gasteiger charge is -2.28. The van der Waals surface area contributed by atoms with Crippen molar-refractivity contribution in [3.63, 3.8) is 0 Å². The molecule has 12 heteroatoms. The lowest BCUT2D eigenvalue weighted by Crippen LogP contribution is -2.41. The van der Waals surface area contributed by atoms with Crippen LogP contribution in [0.1, 0.15) is 17.3 Å². The monoisotopic (exact) mass is 443 g/mol. The number of aromatic nitrogens is 2. The standard InChI is InChI=1S/C19H21F4N5O3/c1-3-31-15-8-11(17(29)27-4-6-30-7-5-27)12(20)9-14(15)28(18(22)23)19-25-10-13(21)16(24-2)26-19/h8-10,18H,3-7H2,1-2H3,(H,24,25,26). The van der Waals surface area contributed by atoms with Crippen molar-refractivity contribution in [2.24, 2.45) is 0 Å². The average molecular weight is 443 g/mol. The molecular weight excluding hydrogens is 422 g/mol. The lowest BCUT2D eigenvalue weighted by molar-refractivity contribution is 0.0299. The van der Waals surface area contributed by atoms with Gasteiger partial charge in [0.1, 0.15) is 11.6 Å². The van der Waals surface area contributed by atoms with Gasteiger partial charge in [-0.3, -0.25) is 4.79 Å². The number of morpholine rings is 1. The first-order valence-corrected chi connectivity index (χ1v) is 9.48. The van der Waals surface area contributed by atoms with Crippen LogP contribution in [0.3, 0.4) is 0 Å². The van der Waals surface area contributed by atoms with Crippen molar-refractivity contribution in [3.05, 3.63) is 35.5 Å². The second-order valence-electron chi connectivity index (χ2n) is 6.40. The first-order chi connectivity index (χ1) is 14.9. The van der Waals surface area contributed by atoms with Gasteiger partial charge >= 0.3 is 6.55 Å². The highest BCUT2D eigenvalue weighted by Gasteiger charge is 2.30. The van der Waals surface area contributed by atoms with Crippen molar-refractivity contribution in [1.82, 2.24) is 14.9 Å². The normalized spacial score (nSPS) is 14.0. The van der Waals surface area contributed by atoms with Gasteiger partial charge in [-0.2, -0.15) is 13.8 Å². The second kappa shape index (κ2) is 9.77. The number of ether oxygens (including phenoxy) is 2. The van der Waals surface area contributed by atoms with Crippen molar-refractivity contribution in [2.75, 3.05) is 50.2 Å². The Bertz CT molecular complexity index is 941. The number of carbonyl (C=O) groups excluding carboxylic acids is 1. The van der Waals surface area contributed by atoms with Gasteiger partial charge in [-0.05, 0) is 13.0 Å².